The molecule has 3 rings (SSSR count). The van der Waals surface area contributed by atoms with Crippen molar-refractivity contribution in [3.05, 3.63) is 29.8 Å². The lowest BCUT2D eigenvalue weighted by atomic mass is 9.98. The number of nitrogens with zero attached hydrogens (tertiary/aromatic N) is 5. The van der Waals surface area contributed by atoms with E-state index >= 15 is 0 Å². The van der Waals surface area contributed by atoms with Gasteiger partial charge in [-0.05, 0) is 42.4 Å². The van der Waals surface area contributed by atoms with Gasteiger partial charge in [0, 0.05) is 5.56 Å². The Morgan fingerprint density at radius 3 is 2.64 bits per heavy atom. The number of rotatable bonds is 6. The highest BCUT2D eigenvalue weighted by atomic mass is 16.2. The van der Waals surface area contributed by atoms with Gasteiger partial charge in [0.25, 0.3) is 0 Å². The summed E-state index contributed by atoms with van der Waals surface area (Å²) in [6.45, 7) is 5.98. The molecule has 1 aromatic heterocycles. The fourth-order valence-corrected chi connectivity index (χ4v) is 2.78. The van der Waals surface area contributed by atoms with E-state index in [9.17, 15) is 10.1 Å². The van der Waals surface area contributed by atoms with E-state index in [2.05, 4.69) is 40.6 Å². The molecular weight excluding hydrogens is 316 g/mol. The van der Waals surface area contributed by atoms with Crippen LogP contribution in [0.15, 0.2) is 24.3 Å². The minimum atomic E-state index is -0.812. The standard InChI is InChI=1S/C18H22N6O/c1-12(2)13-4-6-14(7-5-13)17-21-23-24(22-17)10-16(25)20-18(3,11-19)15-8-9-15/h4-7,12,15H,8-10H2,1-3H3,(H,20,25)/t18-/m1/s1. The van der Waals surface area contributed by atoms with Crippen molar-refractivity contribution in [3.8, 4) is 17.5 Å². The van der Waals surface area contributed by atoms with E-state index in [0.29, 0.717) is 11.7 Å². The number of benzene rings is 1. The Balaban J connectivity index is 1.65. The van der Waals surface area contributed by atoms with Gasteiger partial charge in [-0.25, -0.2) is 0 Å². The summed E-state index contributed by atoms with van der Waals surface area (Å²) in [7, 11) is 0. The zero-order valence-electron chi connectivity index (χ0n) is 14.7. The van der Waals surface area contributed by atoms with Gasteiger partial charge < -0.3 is 5.32 Å². The molecule has 1 fully saturated rings. The van der Waals surface area contributed by atoms with Crippen molar-refractivity contribution in [2.75, 3.05) is 0 Å². The summed E-state index contributed by atoms with van der Waals surface area (Å²) in [6, 6.07) is 10.2. The maximum Gasteiger partial charge on any atom is 0.244 e. The van der Waals surface area contributed by atoms with Gasteiger partial charge in [0.15, 0.2) is 0 Å². The van der Waals surface area contributed by atoms with Gasteiger partial charge >= 0.3 is 0 Å². The molecule has 1 aliphatic rings. The number of nitriles is 1. The van der Waals surface area contributed by atoms with Gasteiger partial charge in [-0.2, -0.15) is 10.1 Å². The Morgan fingerprint density at radius 2 is 2.08 bits per heavy atom. The number of hydrogen-bond donors (Lipinski definition) is 1. The zero-order valence-corrected chi connectivity index (χ0v) is 14.7. The molecule has 1 atom stereocenters. The van der Waals surface area contributed by atoms with Gasteiger partial charge in [0.1, 0.15) is 12.1 Å². The second-order valence-electron chi connectivity index (χ2n) is 7.06. The van der Waals surface area contributed by atoms with Gasteiger partial charge in [-0.3, -0.25) is 4.79 Å². The monoisotopic (exact) mass is 338 g/mol. The number of carbonyl (C=O) groups is 1. The van der Waals surface area contributed by atoms with Gasteiger partial charge in [0.05, 0.1) is 6.07 Å². The lowest BCUT2D eigenvalue weighted by Gasteiger charge is -2.22. The van der Waals surface area contributed by atoms with Gasteiger partial charge in [0.2, 0.25) is 11.7 Å². The molecule has 1 saturated carbocycles. The van der Waals surface area contributed by atoms with Crippen LogP contribution in [0.3, 0.4) is 0 Å². The Hall–Kier alpha value is -2.75. The molecule has 0 saturated heterocycles. The molecule has 0 aliphatic heterocycles. The quantitative estimate of drug-likeness (QED) is 0.871. The van der Waals surface area contributed by atoms with Crippen LogP contribution in [-0.4, -0.2) is 31.7 Å². The Kier molecular flexibility index (Phi) is 4.53. The summed E-state index contributed by atoms with van der Waals surface area (Å²) < 4.78 is 0. The Labute approximate surface area is 147 Å². The summed E-state index contributed by atoms with van der Waals surface area (Å²) in [4.78, 5) is 13.4. The molecule has 7 heteroatoms. The fourth-order valence-electron chi connectivity index (χ4n) is 2.78. The average Bonchev–Trinajstić information content (AvgIpc) is 3.36. The molecule has 0 spiro atoms. The third-order valence-electron chi connectivity index (χ3n) is 4.60. The Morgan fingerprint density at radius 1 is 1.40 bits per heavy atom. The number of tetrazole rings is 1. The first-order valence-corrected chi connectivity index (χ1v) is 8.51. The number of carbonyl (C=O) groups excluding carboxylic acids is 1. The highest BCUT2D eigenvalue weighted by Gasteiger charge is 2.43. The molecule has 1 aliphatic carbocycles. The normalized spacial score (nSPS) is 16.3. The van der Waals surface area contributed by atoms with Crippen molar-refractivity contribution in [3.63, 3.8) is 0 Å². The van der Waals surface area contributed by atoms with E-state index in [0.717, 1.165) is 18.4 Å². The zero-order chi connectivity index (χ0) is 18.0. The summed E-state index contributed by atoms with van der Waals surface area (Å²) in [6.07, 6.45) is 1.95. The molecule has 130 valence electrons. The first-order chi connectivity index (χ1) is 11.9. The summed E-state index contributed by atoms with van der Waals surface area (Å²) in [5, 5.41) is 24.3. The molecule has 7 nitrogen and oxygen atoms in total. The van der Waals surface area contributed by atoms with E-state index in [4.69, 9.17) is 0 Å². The van der Waals surface area contributed by atoms with E-state index in [1.165, 1.54) is 10.4 Å². The molecule has 1 heterocycles. The highest BCUT2D eigenvalue weighted by molar-refractivity contribution is 5.77. The van der Waals surface area contributed by atoms with Crippen LogP contribution in [0.2, 0.25) is 0 Å². The van der Waals surface area contributed by atoms with Gasteiger partial charge in [-0.15, -0.1) is 10.2 Å². The number of aromatic nitrogens is 4. The molecule has 0 bridgehead atoms. The van der Waals surface area contributed by atoms with Crippen molar-refractivity contribution < 1.29 is 4.79 Å². The average molecular weight is 338 g/mol. The SMILES string of the molecule is CC(C)c1ccc(-c2nnn(CC(=O)N[C@](C)(C#N)C3CC3)n2)cc1. The molecular formula is C18H22N6O. The van der Waals surface area contributed by atoms with Crippen molar-refractivity contribution in [2.24, 2.45) is 5.92 Å². The van der Waals surface area contributed by atoms with Crippen molar-refractivity contribution in [2.45, 2.75) is 51.6 Å². The first kappa shape index (κ1) is 17.1. The molecule has 1 N–H and O–H groups in total. The van der Waals surface area contributed by atoms with Crippen molar-refractivity contribution in [1.82, 2.24) is 25.5 Å². The lowest BCUT2D eigenvalue weighted by Crippen LogP contribution is -2.48. The van der Waals surface area contributed by atoms with Crippen molar-refractivity contribution in [1.29, 1.82) is 5.26 Å². The van der Waals surface area contributed by atoms with E-state index < -0.39 is 5.54 Å². The lowest BCUT2D eigenvalue weighted by molar-refractivity contribution is -0.123. The van der Waals surface area contributed by atoms with Crippen molar-refractivity contribution >= 4 is 5.91 Å². The van der Waals surface area contributed by atoms with Crippen LogP contribution in [0.25, 0.3) is 11.4 Å². The molecule has 0 radical (unpaired) electrons. The largest absolute Gasteiger partial charge is 0.336 e. The van der Waals surface area contributed by atoms with Crippen LogP contribution >= 0.6 is 0 Å². The minimum Gasteiger partial charge on any atom is -0.336 e. The van der Waals surface area contributed by atoms with Crippen LogP contribution in [0, 0.1) is 17.2 Å². The second kappa shape index (κ2) is 6.63. The number of hydrogen-bond acceptors (Lipinski definition) is 5. The van der Waals surface area contributed by atoms with E-state index in [-0.39, 0.29) is 18.4 Å². The van der Waals surface area contributed by atoms with Crippen LogP contribution in [0.4, 0.5) is 0 Å². The van der Waals surface area contributed by atoms with E-state index in [1.54, 1.807) is 6.92 Å². The first-order valence-electron chi connectivity index (χ1n) is 8.51. The van der Waals surface area contributed by atoms with Crippen LogP contribution < -0.4 is 5.32 Å². The fraction of sp³-hybridized carbons (Fsp3) is 0.500. The summed E-state index contributed by atoms with van der Waals surface area (Å²) in [5.41, 5.74) is 1.29. The smallest absolute Gasteiger partial charge is 0.244 e. The predicted octanol–water partition coefficient (Wildman–Crippen LogP) is 2.27. The predicted molar refractivity (Wildman–Crippen MR) is 92.2 cm³/mol. The van der Waals surface area contributed by atoms with Gasteiger partial charge in [-0.1, -0.05) is 38.1 Å². The topological polar surface area (TPSA) is 96.5 Å². The Bertz CT molecular complexity index is 800. The summed E-state index contributed by atoms with van der Waals surface area (Å²) >= 11 is 0. The maximum absolute atomic E-state index is 12.2. The second-order valence-corrected chi connectivity index (χ2v) is 7.06. The number of amides is 1. The molecule has 25 heavy (non-hydrogen) atoms. The highest BCUT2D eigenvalue weighted by Crippen LogP contribution is 2.39. The maximum atomic E-state index is 12.2. The number of nitrogens with one attached hydrogen (secondary N) is 1. The third-order valence-corrected chi connectivity index (χ3v) is 4.60. The molecule has 2 aromatic rings. The minimum absolute atomic E-state index is 0.0545. The molecule has 1 aromatic carbocycles. The van der Waals surface area contributed by atoms with Crippen LogP contribution in [0.5, 0.6) is 0 Å². The van der Waals surface area contributed by atoms with E-state index in [1.807, 2.05) is 24.3 Å². The molecule has 0 unspecified atom stereocenters. The van der Waals surface area contributed by atoms with Crippen LogP contribution in [-0.2, 0) is 11.3 Å². The summed E-state index contributed by atoms with van der Waals surface area (Å²) in [5.74, 6) is 0.894. The third kappa shape index (κ3) is 3.85. The molecule has 1 amide bonds. The van der Waals surface area contributed by atoms with Crippen LogP contribution in [0.1, 0.15) is 45.1 Å².